The first-order valence-corrected chi connectivity index (χ1v) is 8.37. The second kappa shape index (κ2) is 5.11. The van der Waals surface area contributed by atoms with Crippen molar-refractivity contribution in [1.82, 2.24) is 10.2 Å². The van der Waals surface area contributed by atoms with Gasteiger partial charge in [0.25, 0.3) is 0 Å². The maximum Gasteiger partial charge on any atom is 0.231 e. The normalized spacial score (nSPS) is 30.5. The molecule has 4 nitrogen and oxygen atoms in total. The lowest BCUT2D eigenvalue weighted by atomic mass is 9.73. The SMILES string of the molecule is O=C1CC[C@]2(C(=O)N3CCCCC3)Cc3ccccc3[C@@H]2N1. The number of likely N-dealkylation sites (tertiary alicyclic amines) is 1. The van der Waals surface area contributed by atoms with Gasteiger partial charge in [-0.15, -0.1) is 0 Å². The highest BCUT2D eigenvalue weighted by Gasteiger charge is 2.55. The van der Waals surface area contributed by atoms with E-state index in [2.05, 4.69) is 17.4 Å². The van der Waals surface area contributed by atoms with E-state index in [0.717, 1.165) is 37.9 Å². The molecule has 1 aromatic carbocycles. The summed E-state index contributed by atoms with van der Waals surface area (Å²) < 4.78 is 0. The van der Waals surface area contributed by atoms with Crippen molar-refractivity contribution in [3.8, 4) is 0 Å². The van der Waals surface area contributed by atoms with Crippen LogP contribution in [0.25, 0.3) is 0 Å². The van der Waals surface area contributed by atoms with Crippen molar-refractivity contribution >= 4 is 11.8 Å². The molecule has 116 valence electrons. The number of amides is 2. The van der Waals surface area contributed by atoms with E-state index in [-0.39, 0.29) is 17.9 Å². The average Bonchev–Trinajstić information content (AvgIpc) is 2.90. The number of hydrogen-bond donors (Lipinski definition) is 1. The Morgan fingerprint density at radius 1 is 1.18 bits per heavy atom. The highest BCUT2D eigenvalue weighted by Crippen LogP contribution is 2.51. The van der Waals surface area contributed by atoms with Crippen LogP contribution in [-0.2, 0) is 16.0 Å². The van der Waals surface area contributed by atoms with Gasteiger partial charge in [-0.05, 0) is 43.2 Å². The van der Waals surface area contributed by atoms with Gasteiger partial charge in [0.1, 0.15) is 0 Å². The van der Waals surface area contributed by atoms with E-state index in [1.807, 2.05) is 17.0 Å². The van der Waals surface area contributed by atoms with E-state index < -0.39 is 5.41 Å². The summed E-state index contributed by atoms with van der Waals surface area (Å²) in [7, 11) is 0. The van der Waals surface area contributed by atoms with E-state index in [1.165, 1.54) is 12.0 Å². The monoisotopic (exact) mass is 298 g/mol. The van der Waals surface area contributed by atoms with E-state index in [0.29, 0.717) is 12.8 Å². The van der Waals surface area contributed by atoms with Crippen LogP contribution < -0.4 is 5.32 Å². The second-order valence-corrected chi connectivity index (χ2v) is 6.89. The molecule has 1 aliphatic carbocycles. The van der Waals surface area contributed by atoms with Crippen LogP contribution in [0.5, 0.6) is 0 Å². The second-order valence-electron chi connectivity index (χ2n) is 6.89. The summed E-state index contributed by atoms with van der Waals surface area (Å²) in [6, 6.07) is 8.05. The van der Waals surface area contributed by atoms with Crippen LogP contribution in [-0.4, -0.2) is 29.8 Å². The molecule has 0 bridgehead atoms. The highest BCUT2D eigenvalue weighted by molar-refractivity contribution is 5.89. The van der Waals surface area contributed by atoms with Crippen LogP contribution in [0.15, 0.2) is 24.3 Å². The van der Waals surface area contributed by atoms with Crippen LogP contribution >= 0.6 is 0 Å². The molecular weight excluding hydrogens is 276 g/mol. The molecule has 2 atom stereocenters. The van der Waals surface area contributed by atoms with Gasteiger partial charge in [0.2, 0.25) is 11.8 Å². The minimum atomic E-state index is -0.449. The zero-order chi connectivity index (χ0) is 15.2. The van der Waals surface area contributed by atoms with Crippen molar-refractivity contribution in [2.45, 2.75) is 44.6 Å². The van der Waals surface area contributed by atoms with Gasteiger partial charge < -0.3 is 10.2 Å². The molecule has 4 rings (SSSR count). The topological polar surface area (TPSA) is 49.4 Å². The van der Waals surface area contributed by atoms with E-state index in [9.17, 15) is 9.59 Å². The van der Waals surface area contributed by atoms with Gasteiger partial charge in [0, 0.05) is 19.5 Å². The summed E-state index contributed by atoms with van der Waals surface area (Å²) in [4.78, 5) is 27.3. The molecule has 0 aromatic heterocycles. The van der Waals surface area contributed by atoms with Gasteiger partial charge in [-0.3, -0.25) is 9.59 Å². The predicted molar refractivity (Wildman–Crippen MR) is 83.1 cm³/mol. The Labute approximate surface area is 130 Å². The van der Waals surface area contributed by atoms with Gasteiger partial charge in [0.15, 0.2) is 0 Å². The van der Waals surface area contributed by atoms with Gasteiger partial charge in [-0.2, -0.15) is 0 Å². The van der Waals surface area contributed by atoms with Crippen LogP contribution in [0, 0.1) is 5.41 Å². The molecule has 0 unspecified atom stereocenters. The molecule has 1 N–H and O–H groups in total. The minimum absolute atomic E-state index is 0.0729. The summed E-state index contributed by atoms with van der Waals surface area (Å²) in [5.74, 6) is 0.331. The third-order valence-electron chi connectivity index (χ3n) is 5.60. The quantitative estimate of drug-likeness (QED) is 0.864. The fourth-order valence-electron chi connectivity index (χ4n) is 4.45. The van der Waals surface area contributed by atoms with Crippen molar-refractivity contribution < 1.29 is 9.59 Å². The first-order valence-electron chi connectivity index (χ1n) is 8.37. The Bertz CT molecular complexity index is 621. The molecule has 2 fully saturated rings. The Balaban J connectivity index is 1.72. The van der Waals surface area contributed by atoms with Crippen LogP contribution in [0.4, 0.5) is 0 Å². The van der Waals surface area contributed by atoms with Crippen molar-refractivity contribution in [3.05, 3.63) is 35.4 Å². The molecule has 4 heteroatoms. The molecular formula is C18H22N2O2. The van der Waals surface area contributed by atoms with Crippen LogP contribution in [0.2, 0.25) is 0 Å². The van der Waals surface area contributed by atoms with Gasteiger partial charge >= 0.3 is 0 Å². The number of fused-ring (bicyclic) bond motifs is 3. The van der Waals surface area contributed by atoms with Crippen molar-refractivity contribution in [2.24, 2.45) is 5.41 Å². The zero-order valence-electron chi connectivity index (χ0n) is 12.8. The number of piperidine rings is 2. The largest absolute Gasteiger partial charge is 0.348 e. The van der Waals surface area contributed by atoms with Crippen molar-refractivity contribution in [1.29, 1.82) is 0 Å². The number of nitrogens with zero attached hydrogens (tertiary/aromatic N) is 1. The van der Waals surface area contributed by atoms with Crippen molar-refractivity contribution in [2.75, 3.05) is 13.1 Å². The number of hydrogen-bond acceptors (Lipinski definition) is 2. The Kier molecular flexibility index (Phi) is 3.21. The average molecular weight is 298 g/mol. The maximum absolute atomic E-state index is 13.3. The summed E-state index contributed by atoms with van der Waals surface area (Å²) in [6.45, 7) is 1.75. The summed E-state index contributed by atoms with van der Waals surface area (Å²) >= 11 is 0. The number of carbonyl (C=O) groups is 2. The Morgan fingerprint density at radius 2 is 1.95 bits per heavy atom. The fourth-order valence-corrected chi connectivity index (χ4v) is 4.45. The first-order chi connectivity index (χ1) is 10.7. The first kappa shape index (κ1) is 13.8. The summed E-state index contributed by atoms with van der Waals surface area (Å²) in [6.07, 6.45) is 5.33. The highest BCUT2D eigenvalue weighted by atomic mass is 16.2. The third kappa shape index (κ3) is 1.97. The van der Waals surface area contributed by atoms with Gasteiger partial charge in [-0.1, -0.05) is 24.3 Å². The smallest absolute Gasteiger partial charge is 0.231 e. The standard InChI is InChI=1S/C18H22N2O2/c21-15-8-9-18(17(22)20-10-4-1-5-11-20)12-13-6-2-3-7-14(13)16(18)19-15/h2-3,6-7,16H,1,4-5,8-12H2,(H,19,21)/t16-,18-/m0/s1. The molecule has 22 heavy (non-hydrogen) atoms. The minimum Gasteiger partial charge on any atom is -0.348 e. The fraction of sp³-hybridized carbons (Fsp3) is 0.556. The number of benzene rings is 1. The number of rotatable bonds is 1. The lowest BCUT2D eigenvalue weighted by Gasteiger charge is -2.42. The molecule has 0 radical (unpaired) electrons. The summed E-state index contributed by atoms with van der Waals surface area (Å²) in [5.41, 5.74) is 1.91. The van der Waals surface area contributed by atoms with Crippen LogP contribution in [0.1, 0.15) is 49.3 Å². The van der Waals surface area contributed by atoms with E-state index >= 15 is 0 Å². The van der Waals surface area contributed by atoms with E-state index in [1.54, 1.807) is 0 Å². The molecule has 2 heterocycles. The van der Waals surface area contributed by atoms with Crippen molar-refractivity contribution in [3.63, 3.8) is 0 Å². The Hall–Kier alpha value is -1.84. The molecule has 0 spiro atoms. The van der Waals surface area contributed by atoms with Gasteiger partial charge in [-0.25, -0.2) is 0 Å². The molecule has 1 aromatic rings. The molecule has 2 saturated heterocycles. The molecule has 0 saturated carbocycles. The maximum atomic E-state index is 13.3. The third-order valence-corrected chi connectivity index (χ3v) is 5.60. The summed E-state index contributed by atoms with van der Waals surface area (Å²) in [5, 5.41) is 3.11. The van der Waals surface area contributed by atoms with E-state index in [4.69, 9.17) is 0 Å². The molecule has 2 amide bonds. The number of carbonyl (C=O) groups excluding carboxylic acids is 2. The lowest BCUT2D eigenvalue weighted by Crippen LogP contribution is -2.54. The molecule has 2 aliphatic heterocycles. The zero-order valence-corrected chi connectivity index (χ0v) is 12.8. The van der Waals surface area contributed by atoms with Crippen LogP contribution in [0.3, 0.4) is 0 Å². The Morgan fingerprint density at radius 3 is 2.77 bits per heavy atom. The molecule has 3 aliphatic rings. The van der Waals surface area contributed by atoms with Gasteiger partial charge in [0.05, 0.1) is 11.5 Å². The predicted octanol–water partition coefficient (Wildman–Crippen LogP) is 2.19. The number of nitrogens with one attached hydrogen (secondary N) is 1. The lowest BCUT2D eigenvalue weighted by molar-refractivity contribution is -0.148.